The van der Waals surface area contributed by atoms with Crippen molar-refractivity contribution in [3.63, 3.8) is 0 Å². The minimum Gasteiger partial charge on any atom is -0.444 e. The molecule has 1 aliphatic heterocycles. The zero-order chi connectivity index (χ0) is 23.6. The Kier molecular flexibility index (Phi) is 6.69. The minimum absolute atomic E-state index is 0.266. The van der Waals surface area contributed by atoms with Crippen molar-refractivity contribution in [3.05, 3.63) is 48.7 Å². The highest BCUT2D eigenvalue weighted by molar-refractivity contribution is 7.98. The number of hydrogen-bond donors (Lipinski definition) is 0. The molecule has 3 heterocycles. The Morgan fingerprint density at radius 2 is 1.91 bits per heavy atom. The third-order valence-electron chi connectivity index (χ3n) is 5.39. The molecule has 7 nitrogen and oxygen atoms in total. The lowest BCUT2D eigenvalue weighted by Crippen LogP contribution is -2.44. The highest BCUT2D eigenvalue weighted by atomic mass is 32.2. The number of benzene rings is 1. The monoisotopic (exact) mass is 469 g/mol. The molecule has 1 unspecified atom stereocenters. The van der Waals surface area contributed by atoms with E-state index in [4.69, 9.17) is 9.72 Å². The Morgan fingerprint density at radius 3 is 2.61 bits per heavy atom. The van der Waals surface area contributed by atoms with E-state index in [1.54, 1.807) is 29.6 Å². The second kappa shape index (κ2) is 9.51. The fourth-order valence-electron chi connectivity index (χ4n) is 3.97. The maximum Gasteiger partial charge on any atom is 0.411 e. The summed E-state index contributed by atoms with van der Waals surface area (Å²) in [5, 5.41) is 0.637. The molecule has 2 aromatic heterocycles. The van der Waals surface area contributed by atoms with Gasteiger partial charge in [0.05, 0.1) is 23.4 Å². The smallest absolute Gasteiger partial charge is 0.411 e. The molecule has 1 amide bonds. The van der Waals surface area contributed by atoms with Crippen LogP contribution in [0.25, 0.3) is 22.6 Å². The molecule has 9 heteroatoms. The predicted molar refractivity (Wildman–Crippen MR) is 126 cm³/mol. The van der Waals surface area contributed by atoms with Crippen molar-refractivity contribution in [1.82, 2.24) is 24.4 Å². The number of imidazole rings is 1. The molecule has 174 valence electrons. The Hall–Kier alpha value is -2.94. The van der Waals surface area contributed by atoms with Crippen molar-refractivity contribution in [3.8, 4) is 22.6 Å². The van der Waals surface area contributed by atoms with E-state index in [0.717, 1.165) is 30.5 Å². The lowest BCUT2D eigenvalue weighted by molar-refractivity contribution is -0.000904. The Balaban J connectivity index is 1.83. The van der Waals surface area contributed by atoms with Crippen LogP contribution in [-0.4, -0.2) is 48.9 Å². The van der Waals surface area contributed by atoms with E-state index in [0.29, 0.717) is 23.1 Å². The van der Waals surface area contributed by atoms with Crippen LogP contribution >= 0.6 is 11.8 Å². The SMILES string of the molecule is CSc1nccc(-c2c(-c3ccc(F)cc3)ncn2C2CCCCN2C(=O)OC(C)(C)C)n1. The maximum absolute atomic E-state index is 13.6. The van der Waals surface area contributed by atoms with Crippen LogP contribution in [0.2, 0.25) is 0 Å². The molecule has 0 bridgehead atoms. The Bertz CT molecular complexity index is 1130. The molecule has 1 aliphatic rings. The molecule has 3 aromatic rings. The predicted octanol–water partition coefficient (Wildman–Crippen LogP) is 5.79. The van der Waals surface area contributed by atoms with Crippen LogP contribution in [0.4, 0.5) is 9.18 Å². The van der Waals surface area contributed by atoms with Crippen LogP contribution in [-0.2, 0) is 4.74 Å². The first kappa shape index (κ1) is 23.2. The quantitative estimate of drug-likeness (QED) is 0.356. The second-order valence-corrected chi connectivity index (χ2v) is 9.71. The van der Waals surface area contributed by atoms with Crippen LogP contribution in [0, 0.1) is 5.82 Å². The molecule has 1 atom stereocenters. The Morgan fingerprint density at radius 1 is 1.15 bits per heavy atom. The van der Waals surface area contributed by atoms with Crippen LogP contribution < -0.4 is 0 Å². The largest absolute Gasteiger partial charge is 0.444 e. The molecule has 0 spiro atoms. The summed E-state index contributed by atoms with van der Waals surface area (Å²) < 4.78 is 21.3. The number of likely N-dealkylation sites (tertiary alicyclic amines) is 1. The number of piperidine rings is 1. The van der Waals surface area contributed by atoms with Gasteiger partial charge in [-0.15, -0.1) is 0 Å². The van der Waals surface area contributed by atoms with Crippen molar-refractivity contribution in [2.75, 3.05) is 12.8 Å². The van der Waals surface area contributed by atoms with Gasteiger partial charge in [-0.05, 0) is 76.6 Å². The maximum atomic E-state index is 13.6. The highest BCUT2D eigenvalue weighted by Gasteiger charge is 2.34. The summed E-state index contributed by atoms with van der Waals surface area (Å²) in [6, 6.07) is 8.07. The molecular weight excluding hydrogens is 441 g/mol. The van der Waals surface area contributed by atoms with Crippen molar-refractivity contribution >= 4 is 17.9 Å². The van der Waals surface area contributed by atoms with E-state index in [1.807, 2.05) is 37.7 Å². The number of amides is 1. The van der Waals surface area contributed by atoms with Crippen molar-refractivity contribution in [2.45, 2.75) is 57.0 Å². The molecule has 33 heavy (non-hydrogen) atoms. The minimum atomic E-state index is -0.587. The number of nitrogens with zero attached hydrogens (tertiary/aromatic N) is 5. The summed E-state index contributed by atoms with van der Waals surface area (Å²) in [5.41, 5.74) is 2.32. The molecular formula is C24H28FN5O2S. The van der Waals surface area contributed by atoms with Gasteiger partial charge in [0.15, 0.2) is 5.16 Å². The van der Waals surface area contributed by atoms with Crippen LogP contribution in [0.3, 0.4) is 0 Å². The molecule has 4 rings (SSSR count). The van der Waals surface area contributed by atoms with E-state index < -0.39 is 5.60 Å². The number of aromatic nitrogens is 4. The number of hydrogen-bond acceptors (Lipinski definition) is 6. The van der Waals surface area contributed by atoms with Crippen LogP contribution in [0.15, 0.2) is 48.0 Å². The van der Waals surface area contributed by atoms with Gasteiger partial charge < -0.3 is 9.30 Å². The van der Waals surface area contributed by atoms with Crippen LogP contribution in [0.1, 0.15) is 46.2 Å². The summed E-state index contributed by atoms with van der Waals surface area (Å²) >= 11 is 1.45. The first-order chi connectivity index (χ1) is 15.8. The second-order valence-electron chi connectivity index (χ2n) is 8.93. The number of ether oxygens (including phenoxy) is 1. The van der Waals surface area contributed by atoms with E-state index >= 15 is 0 Å². The molecule has 0 radical (unpaired) electrons. The van der Waals surface area contributed by atoms with Crippen molar-refractivity contribution in [2.24, 2.45) is 0 Å². The summed E-state index contributed by atoms with van der Waals surface area (Å²) in [7, 11) is 0. The average Bonchev–Trinajstić information content (AvgIpc) is 3.23. The molecule has 1 saturated heterocycles. The molecule has 1 fully saturated rings. The number of halogens is 1. The standard InChI is InChI=1S/C24H28FN5O2S/c1-24(2,3)32-23(31)29-14-6-5-7-19(29)30-15-27-20(16-8-10-17(25)11-9-16)21(30)18-12-13-26-22(28-18)33-4/h8-13,15,19H,5-7,14H2,1-4H3. The van der Waals surface area contributed by atoms with Crippen LogP contribution in [0.5, 0.6) is 0 Å². The third-order valence-corrected chi connectivity index (χ3v) is 5.95. The molecule has 0 aliphatic carbocycles. The van der Waals surface area contributed by atoms with Gasteiger partial charge in [-0.3, -0.25) is 4.90 Å². The summed E-state index contributed by atoms with van der Waals surface area (Å²) in [5.74, 6) is -0.310. The van der Waals surface area contributed by atoms with Crippen molar-refractivity contribution < 1.29 is 13.9 Å². The summed E-state index contributed by atoms with van der Waals surface area (Å²) in [6.45, 7) is 6.20. The van der Waals surface area contributed by atoms with Gasteiger partial charge in [-0.1, -0.05) is 11.8 Å². The molecule has 0 saturated carbocycles. The average molecular weight is 470 g/mol. The summed E-state index contributed by atoms with van der Waals surface area (Å²) in [6.07, 6.45) is 7.42. The van der Waals surface area contributed by atoms with E-state index in [2.05, 4.69) is 9.97 Å². The zero-order valence-corrected chi connectivity index (χ0v) is 20.1. The number of carbonyl (C=O) groups excluding carboxylic acids is 1. The van der Waals surface area contributed by atoms with E-state index in [9.17, 15) is 9.18 Å². The van der Waals surface area contributed by atoms with Gasteiger partial charge in [0.1, 0.15) is 17.6 Å². The van der Waals surface area contributed by atoms with Gasteiger partial charge in [0, 0.05) is 18.3 Å². The fourth-order valence-corrected chi connectivity index (χ4v) is 4.32. The fraction of sp³-hybridized carbons (Fsp3) is 0.417. The normalized spacial score (nSPS) is 16.6. The zero-order valence-electron chi connectivity index (χ0n) is 19.3. The molecule has 1 aromatic carbocycles. The highest BCUT2D eigenvalue weighted by Crippen LogP contribution is 2.37. The summed E-state index contributed by atoms with van der Waals surface area (Å²) in [4.78, 5) is 28.5. The van der Waals surface area contributed by atoms with Gasteiger partial charge in [0.2, 0.25) is 0 Å². The van der Waals surface area contributed by atoms with Gasteiger partial charge in [0.25, 0.3) is 0 Å². The van der Waals surface area contributed by atoms with Gasteiger partial charge >= 0.3 is 6.09 Å². The first-order valence-electron chi connectivity index (χ1n) is 11.0. The lowest BCUT2D eigenvalue weighted by atomic mass is 10.1. The molecule has 0 N–H and O–H groups in total. The van der Waals surface area contributed by atoms with E-state index in [1.165, 1.54) is 23.9 Å². The van der Waals surface area contributed by atoms with Gasteiger partial charge in [-0.2, -0.15) is 0 Å². The lowest BCUT2D eigenvalue weighted by Gasteiger charge is -2.38. The Labute approximate surface area is 197 Å². The topological polar surface area (TPSA) is 73.1 Å². The van der Waals surface area contributed by atoms with Crippen molar-refractivity contribution in [1.29, 1.82) is 0 Å². The number of rotatable bonds is 4. The number of thioether (sulfide) groups is 1. The third kappa shape index (κ3) is 5.19. The number of carbonyl (C=O) groups is 1. The van der Waals surface area contributed by atoms with E-state index in [-0.39, 0.29) is 18.1 Å². The van der Waals surface area contributed by atoms with Gasteiger partial charge in [-0.25, -0.2) is 24.1 Å². The first-order valence-corrected chi connectivity index (χ1v) is 12.2.